The molecule has 2 heterocycles. The van der Waals surface area contributed by atoms with E-state index in [1.165, 1.54) is 13.2 Å². The van der Waals surface area contributed by atoms with Crippen LogP contribution < -0.4 is 4.74 Å². The number of Topliss-reactive ketones (excluding diaryl/α,β-unsaturated/α-hetero) is 2. The second-order valence-electron chi connectivity index (χ2n) is 8.20. The lowest BCUT2D eigenvalue weighted by molar-refractivity contribution is 0.0867. The monoisotopic (exact) mass is 420 g/mol. The Kier molecular flexibility index (Phi) is 7.30. The summed E-state index contributed by atoms with van der Waals surface area (Å²) in [4.78, 5) is 34.3. The number of aromatic hydroxyl groups is 2. The molecule has 2 aliphatic rings. The summed E-state index contributed by atoms with van der Waals surface area (Å²) >= 11 is 0. The number of likely N-dealkylation sites (N-methyl/N-ethyl adjacent to an activating group) is 2. The van der Waals surface area contributed by atoms with Gasteiger partial charge in [0.25, 0.3) is 0 Å². The second-order valence-corrected chi connectivity index (χ2v) is 8.20. The fraction of sp³-hybridized carbons (Fsp3) is 0.619. The third-order valence-electron chi connectivity index (χ3n) is 5.95. The molecule has 1 aromatic carbocycles. The van der Waals surface area contributed by atoms with Crippen molar-refractivity contribution in [2.24, 2.45) is 0 Å². The van der Waals surface area contributed by atoms with Crippen molar-refractivity contribution in [3.8, 4) is 17.2 Å². The average Bonchev–Trinajstić information content (AvgIpc) is 2.70. The van der Waals surface area contributed by atoms with Gasteiger partial charge in [-0.3, -0.25) is 19.4 Å². The lowest BCUT2D eigenvalue weighted by Gasteiger charge is -2.32. The van der Waals surface area contributed by atoms with E-state index in [1.54, 1.807) is 0 Å². The number of ether oxygens (including phenoxy) is 1. The number of carbonyl (C=O) groups is 2. The summed E-state index contributed by atoms with van der Waals surface area (Å²) in [7, 11) is 5.43. The number of phenols is 2. The molecule has 0 saturated carbocycles. The fourth-order valence-electron chi connectivity index (χ4n) is 3.91. The zero-order valence-corrected chi connectivity index (χ0v) is 18.1. The van der Waals surface area contributed by atoms with Crippen molar-refractivity contribution >= 4 is 11.6 Å². The van der Waals surface area contributed by atoms with Crippen LogP contribution in [-0.4, -0.2) is 128 Å². The Hall–Kier alpha value is -2.20. The van der Waals surface area contributed by atoms with Gasteiger partial charge in [-0.05, 0) is 14.1 Å². The van der Waals surface area contributed by atoms with Gasteiger partial charge in [-0.25, -0.2) is 0 Å². The standard InChI is InChI=1S/C21H32N4O5/c1-22-4-8-24(9-5-22)13-16(27)19-15(26)12-18(30-3)20(21(19)29)17(28)14-25-10-6-23(2)7-11-25/h12,26,29H,4-11,13-14H2,1-3H3. The Balaban J connectivity index is 1.81. The van der Waals surface area contributed by atoms with Crippen LogP contribution in [-0.2, 0) is 0 Å². The minimum Gasteiger partial charge on any atom is -0.507 e. The van der Waals surface area contributed by atoms with Crippen molar-refractivity contribution in [3.05, 3.63) is 17.2 Å². The minimum absolute atomic E-state index is 0.0454. The van der Waals surface area contributed by atoms with Gasteiger partial charge in [0, 0.05) is 58.4 Å². The lowest BCUT2D eigenvalue weighted by atomic mass is 9.99. The molecule has 0 atom stereocenters. The number of benzene rings is 1. The fourth-order valence-corrected chi connectivity index (χ4v) is 3.91. The van der Waals surface area contributed by atoms with Crippen molar-refractivity contribution in [2.75, 3.05) is 86.7 Å². The molecule has 30 heavy (non-hydrogen) atoms. The first kappa shape index (κ1) is 22.5. The van der Waals surface area contributed by atoms with E-state index in [0.717, 1.165) is 52.4 Å². The smallest absolute Gasteiger partial charge is 0.184 e. The molecule has 2 fully saturated rings. The molecule has 0 radical (unpaired) electrons. The van der Waals surface area contributed by atoms with Crippen LogP contribution in [0, 0.1) is 0 Å². The van der Waals surface area contributed by atoms with E-state index >= 15 is 0 Å². The Bertz CT molecular complexity index is 784. The topological polar surface area (TPSA) is 96.8 Å². The van der Waals surface area contributed by atoms with Crippen molar-refractivity contribution in [1.29, 1.82) is 0 Å². The number of phenolic OH excluding ortho intramolecular Hbond substituents is 2. The maximum absolute atomic E-state index is 13.0. The van der Waals surface area contributed by atoms with Crippen molar-refractivity contribution in [2.45, 2.75) is 0 Å². The number of hydrogen-bond acceptors (Lipinski definition) is 9. The molecule has 3 rings (SSSR count). The maximum atomic E-state index is 13.0. The van der Waals surface area contributed by atoms with Gasteiger partial charge >= 0.3 is 0 Å². The van der Waals surface area contributed by atoms with Crippen LogP contribution in [0.1, 0.15) is 20.7 Å². The largest absolute Gasteiger partial charge is 0.507 e. The number of ketones is 2. The zero-order chi connectivity index (χ0) is 21.8. The van der Waals surface area contributed by atoms with Crippen LogP contribution in [0.2, 0.25) is 0 Å². The molecule has 0 spiro atoms. The number of piperazine rings is 2. The first-order valence-corrected chi connectivity index (χ1v) is 10.3. The maximum Gasteiger partial charge on any atom is 0.184 e. The lowest BCUT2D eigenvalue weighted by Crippen LogP contribution is -2.46. The van der Waals surface area contributed by atoms with Gasteiger partial charge in [-0.15, -0.1) is 0 Å². The van der Waals surface area contributed by atoms with Gasteiger partial charge in [0.15, 0.2) is 11.6 Å². The van der Waals surface area contributed by atoms with Crippen LogP contribution in [0.3, 0.4) is 0 Å². The summed E-state index contributed by atoms with van der Waals surface area (Å²) in [5.74, 6) is -1.54. The summed E-state index contributed by atoms with van der Waals surface area (Å²) in [6.45, 7) is 6.58. The highest BCUT2D eigenvalue weighted by Crippen LogP contribution is 2.38. The summed E-state index contributed by atoms with van der Waals surface area (Å²) in [6.07, 6.45) is 0. The Morgan fingerprint density at radius 2 is 1.27 bits per heavy atom. The van der Waals surface area contributed by atoms with Crippen LogP contribution in [0.25, 0.3) is 0 Å². The van der Waals surface area contributed by atoms with Gasteiger partial charge in [-0.1, -0.05) is 0 Å². The molecule has 9 nitrogen and oxygen atoms in total. The molecule has 2 aliphatic heterocycles. The van der Waals surface area contributed by atoms with Crippen molar-refractivity contribution < 1.29 is 24.5 Å². The molecular formula is C21H32N4O5. The molecular weight excluding hydrogens is 388 g/mol. The van der Waals surface area contributed by atoms with Gasteiger partial charge in [0.1, 0.15) is 28.4 Å². The third kappa shape index (κ3) is 5.10. The molecule has 166 valence electrons. The van der Waals surface area contributed by atoms with Crippen LogP contribution in [0.4, 0.5) is 0 Å². The molecule has 2 saturated heterocycles. The van der Waals surface area contributed by atoms with E-state index in [2.05, 4.69) is 9.80 Å². The van der Waals surface area contributed by atoms with Crippen LogP contribution >= 0.6 is 0 Å². The Morgan fingerprint density at radius 1 is 0.833 bits per heavy atom. The van der Waals surface area contributed by atoms with Crippen LogP contribution in [0.5, 0.6) is 17.2 Å². The Morgan fingerprint density at radius 3 is 1.70 bits per heavy atom. The first-order chi connectivity index (χ1) is 14.3. The van der Waals surface area contributed by atoms with Crippen molar-refractivity contribution in [1.82, 2.24) is 19.6 Å². The molecule has 0 amide bonds. The SMILES string of the molecule is COc1cc(O)c(C(=O)CN2CCN(C)CC2)c(O)c1C(=O)CN1CCN(C)CC1. The molecule has 0 unspecified atom stereocenters. The summed E-state index contributed by atoms with van der Waals surface area (Å²) in [5, 5.41) is 21.2. The average molecular weight is 421 g/mol. The number of hydrogen-bond donors (Lipinski definition) is 2. The molecule has 0 bridgehead atoms. The van der Waals surface area contributed by atoms with E-state index in [-0.39, 0.29) is 41.5 Å². The quantitative estimate of drug-likeness (QED) is 0.589. The molecule has 0 aromatic heterocycles. The molecule has 9 heteroatoms. The van der Waals surface area contributed by atoms with Crippen LogP contribution in [0.15, 0.2) is 6.07 Å². The predicted molar refractivity (Wildman–Crippen MR) is 113 cm³/mol. The predicted octanol–water partition coefficient (Wildman–Crippen LogP) is -0.0334. The Labute approximate surface area is 177 Å². The molecule has 0 aliphatic carbocycles. The van der Waals surface area contributed by atoms with Gasteiger partial charge < -0.3 is 24.7 Å². The van der Waals surface area contributed by atoms with E-state index in [4.69, 9.17) is 4.74 Å². The highest BCUT2D eigenvalue weighted by Gasteiger charge is 2.29. The molecule has 2 N–H and O–H groups in total. The van der Waals surface area contributed by atoms with E-state index < -0.39 is 11.5 Å². The summed E-state index contributed by atoms with van der Waals surface area (Å²) in [6, 6.07) is 1.24. The van der Waals surface area contributed by atoms with Gasteiger partial charge in [0.2, 0.25) is 0 Å². The number of rotatable bonds is 7. The van der Waals surface area contributed by atoms with E-state index in [0.29, 0.717) is 0 Å². The van der Waals surface area contributed by atoms with Crippen molar-refractivity contribution in [3.63, 3.8) is 0 Å². The number of methoxy groups -OCH3 is 1. The van der Waals surface area contributed by atoms with E-state index in [1.807, 2.05) is 23.9 Å². The van der Waals surface area contributed by atoms with E-state index in [9.17, 15) is 19.8 Å². The normalized spacial score (nSPS) is 19.7. The highest BCUT2D eigenvalue weighted by molar-refractivity contribution is 6.10. The second kappa shape index (κ2) is 9.74. The third-order valence-corrected chi connectivity index (χ3v) is 5.95. The summed E-state index contributed by atoms with van der Waals surface area (Å²) in [5.41, 5.74) is -0.257. The minimum atomic E-state index is -0.495. The molecule has 1 aromatic rings. The number of nitrogens with zero attached hydrogens (tertiary/aromatic N) is 4. The van der Waals surface area contributed by atoms with Gasteiger partial charge in [0.05, 0.1) is 20.2 Å². The van der Waals surface area contributed by atoms with Gasteiger partial charge in [-0.2, -0.15) is 0 Å². The number of carbonyl (C=O) groups excluding carboxylic acids is 2. The summed E-state index contributed by atoms with van der Waals surface area (Å²) < 4.78 is 5.24. The zero-order valence-electron chi connectivity index (χ0n) is 18.1. The highest BCUT2D eigenvalue weighted by atomic mass is 16.5. The first-order valence-electron chi connectivity index (χ1n) is 10.3.